The van der Waals surface area contributed by atoms with Crippen LogP contribution in [-0.2, 0) is 13.7 Å². The number of benzene rings is 2. The summed E-state index contributed by atoms with van der Waals surface area (Å²) < 4.78 is 1.49. The van der Waals surface area contributed by atoms with Gasteiger partial charge < -0.3 is 10.4 Å². The Kier molecular flexibility index (Phi) is 9.30. The Morgan fingerprint density at radius 2 is 1.59 bits per heavy atom. The van der Waals surface area contributed by atoms with Crippen LogP contribution < -0.4 is 10.9 Å². The van der Waals surface area contributed by atoms with Crippen molar-refractivity contribution in [2.45, 2.75) is 64.8 Å². The maximum absolute atomic E-state index is 14.1. The summed E-state index contributed by atoms with van der Waals surface area (Å²) in [6, 6.07) is 12.6. The Labute approximate surface area is 252 Å². The van der Waals surface area contributed by atoms with Crippen molar-refractivity contribution in [3.63, 3.8) is 0 Å². The minimum atomic E-state index is -2.16. The number of halogens is 2. The lowest BCUT2D eigenvalue weighted by Crippen LogP contribution is -2.43. The summed E-state index contributed by atoms with van der Waals surface area (Å²) in [4.78, 5) is 23.4. The summed E-state index contributed by atoms with van der Waals surface area (Å²) in [6.45, 7) is 13.4. The fourth-order valence-electron chi connectivity index (χ4n) is 5.95. The summed E-state index contributed by atoms with van der Waals surface area (Å²) in [5.41, 5.74) is 7.94. The van der Waals surface area contributed by atoms with Crippen LogP contribution in [0.5, 0.6) is 0 Å². The molecule has 0 unspecified atom stereocenters. The van der Waals surface area contributed by atoms with Crippen molar-refractivity contribution >= 4 is 53.9 Å². The van der Waals surface area contributed by atoms with Crippen LogP contribution in [0.4, 0.5) is 11.6 Å². The molecule has 41 heavy (non-hydrogen) atoms. The first kappa shape index (κ1) is 30.8. The van der Waals surface area contributed by atoms with Crippen molar-refractivity contribution in [3.05, 3.63) is 80.2 Å². The number of aryl methyl sites for hydroxylation is 1. The van der Waals surface area contributed by atoms with E-state index in [0.29, 0.717) is 60.3 Å². The van der Waals surface area contributed by atoms with Crippen molar-refractivity contribution in [2.24, 2.45) is 7.05 Å². The second kappa shape index (κ2) is 12.4. The quantitative estimate of drug-likeness (QED) is 0.164. The predicted molar refractivity (Wildman–Crippen MR) is 174 cm³/mol. The third kappa shape index (κ3) is 5.80. The molecule has 0 saturated heterocycles. The maximum Gasteiger partial charge on any atom is 0.261 e. The number of hydrogen-bond acceptors (Lipinski definition) is 5. The van der Waals surface area contributed by atoms with E-state index in [-0.39, 0.29) is 12.2 Å². The van der Waals surface area contributed by atoms with Gasteiger partial charge in [0.2, 0.25) is 5.95 Å². The van der Waals surface area contributed by atoms with Gasteiger partial charge in [0, 0.05) is 30.1 Å². The SMILES string of the molecule is CC(C)[Si](C#Cc1c(-c2c(Cl)cccc2Cl)c(=O)n(C)c2nc(Nc3cccc(CO)c3)ncc12)(C(C)C)C(C)C. The minimum Gasteiger partial charge on any atom is -0.392 e. The Morgan fingerprint density at radius 3 is 2.17 bits per heavy atom. The number of nitrogens with zero attached hydrogens (tertiary/aromatic N) is 3. The highest BCUT2D eigenvalue weighted by atomic mass is 35.5. The molecular weight excluding hydrogens is 571 g/mol. The number of rotatable bonds is 7. The Hall–Kier alpha value is -3.15. The van der Waals surface area contributed by atoms with Gasteiger partial charge in [0.25, 0.3) is 5.56 Å². The fraction of sp³-hybridized carbons (Fsp3) is 0.344. The largest absolute Gasteiger partial charge is 0.392 e. The van der Waals surface area contributed by atoms with E-state index in [1.54, 1.807) is 31.4 Å². The molecule has 0 fully saturated rings. The molecule has 0 aliphatic heterocycles. The molecule has 0 radical (unpaired) electrons. The zero-order valence-corrected chi connectivity index (χ0v) is 27.0. The van der Waals surface area contributed by atoms with Crippen LogP contribution in [0, 0.1) is 11.5 Å². The molecule has 0 spiro atoms. The van der Waals surface area contributed by atoms with Crippen molar-refractivity contribution in [2.75, 3.05) is 5.32 Å². The molecule has 6 nitrogen and oxygen atoms in total. The average Bonchev–Trinajstić information content (AvgIpc) is 2.92. The third-order valence-corrected chi connectivity index (χ3v) is 14.9. The smallest absolute Gasteiger partial charge is 0.261 e. The first-order valence-electron chi connectivity index (χ1n) is 13.8. The first-order chi connectivity index (χ1) is 19.4. The van der Waals surface area contributed by atoms with Gasteiger partial charge in [-0.25, -0.2) is 4.98 Å². The van der Waals surface area contributed by atoms with E-state index in [0.717, 1.165) is 11.3 Å². The van der Waals surface area contributed by atoms with E-state index >= 15 is 0 Å². The van der Waals surface area contributed by atoms with Gasteiger partial charge in [-0.05, 0) is 46.5 Å². The van der Waals surface area contributed by atoms with Gasteiger partial charge >= 0.3 is 0 Å². The molecular formula is C32H36Cl2N4O2Si. The van der Waals surface area contributed by atoms with Gasteiger partial charge in [-0.3, -0.25) is 9.36 Å². The highest BCUT2D eigenvalue weighted by Crippen LogP contribution is 2.42. The van der Waals surface area contributed by atoms with Crippen LogP contribution in [0.15, 0.2) is 53.5 Å². The van der Waals surface area contributed by atoms with Gasteiger partial charge in [0.05, 0.1) is 27.6 Å². The summed E-state index contributed by atoms with van der Waals surface area (Å²) in [6.07, 6.45) is 1.70. The Balaban J connectivity index is 2.05. The van der Waals surface area contributed by atoms with Crippen LogP contribution in [-0.4, -0.2) is 27.7 Å². The van der Waals surface area contributed by atoms with Crippen molar-refractivity contribution < 1.29 is 5.11 Å². The molecule has 4 rings (SSSR count). The molecule has 4 aromatic rings. The summed E-state index contributed by atoms with van der Waals surface area (Å²) in [5, 5.41) is 14.1. The molecule has 0 saturated carbocycles. The van der Waals surface area contributed by atoms with Crippen LogP contribution in [0.2, 0.25) is 26.7 Å². The lowest BCUT2D eigenvalue weighted by atomic mass is 9.99. The lowest BCUT2D eigenvalue weighted by molar-refractivity contribution is 0.282. The van der Waals surface area contributed by atoms with Crippen LogP contribution in [0.25, 0.3) is 22.2 Å². The summed E-state index contributed by atoms with van der Waals surface area (Å²) >= 11 is 13.3. The number of hydrogen-bond donors (Lipinski definition) is 2. The highest BCUT2D eigenvalue weighted by molar-refractivity contribution is 6.90. The molecule has 0 bridgehead atoms. The zero-order chi connectivity index (χ0) is 30.1. The number of nitrogens with one attached hydrogen (secondary N) is 1. The Bertz CT molecular complexity index is 1680. The number of aliphatic hydroxyl groups excluding tert-OH is 1. The monoisotopic (exact) mass is 606 g/mol. The molecule has 2 aromatic heterocycles. The standard InChI is InChI=1S/C32H36Cl2N4O2Si/c1-19(2)41(20(3)4,21(5)6)15-14-24-25-17-35-32(36-23-11-8-10-22(16-23)18-39)37-30(25)38(7)31(40)28(24)29-26(33)12-9-13-27(29)34/h8-13,16-17,19-21,39H,18H2,1-7H3,(H,35,36,37). The number of fused-ring (bicyclic) bond motifs is 1. The molecule has 9 heteroatoms. The number of anilines is 2. The third-order valence-electron chi connectivity index (χ3n) is 7.97. The first-order valence-corrected chi connectivity index (χ1v) is 16.7. The second-order valence-corrected chi connectivity index (χ2v) is 17.7. The van der Waals surface area contributed by atoms with Gasteiger partial charge in [-0.15, -0.1) is 5.54 Å². The highest BCUT2D eigenvalue weighted by Gasteiger charge is 2.41. The molecule has 2 heterocycles. The van der Waals surface area contributed by atoms with E-state index in [2.05, 4.69) is 63.3 Å². The normalized spacial score (nSPS) is 11.8. The van der Waals surface area contributed by atoms with E-state index in [9.17, 15) is 9.90 Å². The van der Waals surface area contributed by atoms with Crippen molar-refractivity contribution in [3.8, 4) is 22.6 Å². The molecule has 0 aliphatic rings. The summed E-state index contributed by atoms with van der Waals surface area (Å²) in [5.74, 6) is 3.82. The maximum atomic E-state index is 14.1. The van der Waals surface area contributed by atoms with E-state index < -0.39 is 8.07 Å². The fourth-order valence-corrected chi connectivity index (χ4v) is 11.7. The second-order valence-electron chi connectivity index (χ2n) is 11.3. The summed E-state index contributed by atoms with van der Waals surface area (Å²) in [7, 11) is -0.485. The average molecular weight is 608 g/mol. The number of pyridine rings is 1. The van der Waals surface area contributed by atoms with Crippen LogP contribution >= 0.6 is 23.2 Å². The van der Waals surface area contributed by atoms with Crippen molar-refractivity contribution in [1.29, 1.82) is 0 Å². The molecule has 2 aromatic carbocycles. The van der Waals surface area contributed by atoms with Gasteiger partial charge in [-0.2, -0.15) is 4.98 Å². The van der Waals surface area contributed by atoms with E-state index in [1.165, 1.54) is 4.57 Å². The molecule has 0 atom stereocenters. The molecule has 2 N–H and O–H groups in total. The van der Waals surface area contributed by atoms with Gasteiger partial charge in [0.1, 0.15) is 13.7 Å². The van der Waals surface area contributed by atoms with Crippen molar-refractivity contribution in [1.82, 2.24) is 14.5 Å². The van der Waals surface area contributed by atoms with Gasteiger partial charge in [-0.1, -0.05) is 88.9 Å². The minimum absolute atomic E-state index is 0.0774. The number of aliphatic hydroxyl groups is 1. The molecule has 0 aliphatic carbocycles. The Morgan fingerprint density at radius 1 is 0.976 bits per heavy atom. The lowest BCUT2D eigenvalue weighted by Gasteiger charge is -2.38. The number of aromatic nitrogens is 3. The van der Waals surface area contributed by atoms with Crippen LogP contribution in [0.1, 0.15) is 52.7 Å². The topological polar surface area (TPSA) is 80.0 Å². The van der Waals surface area contributed by atoms with Crippen LogP contribution in [0.3, 0.4) is 0 Å². The van der Waals surface area contributed by atoms with Gasteiger partial charge in [0.15, 0.2) is 0 Å². The zero-order valence-electron chi connectivity index (χ0n) is 24.5. The van der Waals surface area contributed by atoms with E-state index in [1.807, 2.05) is 24.3 Å². The van der Waals surface area contributed by atoms with E-state index in [4.69, 9.17) is 28.2 Å². The molecule has 0 amide bonds. The molecule has 214 valence electrons. The predicted octanol–water partition coefficient (Wildman–Crippen LogP) is 8.11.